The van der Waals surface area contributed by atoms with E-state index in [2.05, 4.69) is 13.8 Å². The van der Waals surface area contributed by atoms with Gasteiger partial charge in [0.25, 0.3) is 0 Å². The Balaban J connectivity index is 2.65. The van der Waals surface area contributed by atoms with Gasteiger partial charge in [0.2, 0.25) is 11.6 Å². The summed E-state index contributed by atoms with van der Waals surface area (Å²) in [6, 6.07) is 3.37. The number of allylic oxidation sites excluding steroid dienone is 1. The molecule has 21 heavy (non-hydrogen) atoms. The molecule has 4 nitrogen and oxygen atoms in total. The van der Waals surface area contributed by atoms with Crippen molar-refractivity contribution in [3.63, 3.8) is 0 Å². The standard InChI is InChI=1S/C17H20O4/c1-9(2)5-6-11-13(21-4)8-7-12-14(11)17(20)16(19)10(3)15(12)18/h7-9,18H,5-6H2,1-4H3. The Labute approximate surface area is 124 Å². The molecule has 1 aliphatic rings. The van der Waals surface area contributed by atoms with Gasteiger partial charge in [-0.2, -0.15) is 0 Å². The molecule has 1 aromatic carbocycles. The van der Waals surface area contributed by atoms with Crippen LogP contribution < -0.4 is 4.74 Å². The molecule has 0 heterocycles. The van der Waals surface area contributed by atoms with Gasteiger partial charge in [-0.05, 0) is 37.8 Å². The number of carbonyl (C=O) groups excluding carboxylic acids is 2. The van der Waals surface area contributed by atoms with Crippen LogP contribution in [0.3, 0.4) is 0 Å². The third kappa shape index (κ3) is 2.58. The minimum absolute atomic E-state index is 0.104. The van der Waals surface area contributed by atoms with E-state index < -0.39 is 11.6 Å². The first-order valence-corrected chi connectivity index (χ1v) is 7.07. The average Bonchev–Trinajstić information content (AvgIpc) is 2.47. The Morgan fingerprint density at radius 2 is 1.86 bits per heavy atom. The summed E-state index contributed by atoms with van der Waals surface area (Å²) in [5, 5.41) is 10.1. The van der Waals surface area contributed by atoms with Crippen molar-refractivity contribution >= 4 is 17.3 Å². The van der Waals surface area contributed by atoms with Crippen LogP contribution in [-0.2, 0) is 11.2 Å². The highest BCUT2D eigenvalue weighted by molar-refractivity contribution is 6.52. The SMILES string of the molecule is COc1ccc2c(c1CCC(C)C)C(=O)C(=O)C(C)=C2O. The van der Waals surface area contributed by atoms with E-state index in [0.717, 1.165) is 6.42 Å². The maximum absolute atomic E-state index is 12.4. The molecule has 0 bridgehead atoms. The number of hydrogen-bond donors (Lipinski definition) is 1. The Hall–Kier alpha value is -2.10. The van der Waals surface area contributed by atoms with E-state index in [0.29, 0.717) is 34.8 Å². The zero-order valence-corrected chi connectivity index (χ0v) is 12.8. The zero-order chi connectivity index (χ0) is 15.7. The second-order valence-electron chi connectivity index (χ2n) is 5.73. The van der Waals surface area contributed by atoms with E-state index in [-0.39, 0.29) is 11.3 Å². The molecule has 4 heteroatoms. The molecule has 1 aliphatic carbocycles. The van der Waals surface area contributed by atoms with Crippen LogP contribution in [0.1, 0.15) is 48.7 Å². The van der Waals surface area contributed by atoms with E-state index in [1.165, 1.54) is 14.0 Å². The molecule has 2 rings (SSSR count). The zero-order valence-electron chi connectivity index (χ0n) is 12.8. The van der Waals surface area contributed by atoms with Gasteiger partial charge in [-0.3, -0.25) is 9.59 Å². The van der Waals surface area contributed by atoms with Gasteiger partial charge in [-0.1, -0.05) is 13.8 Å². The number of aliphatic hydroxyl groups excluding tert-OH is 1. The molecule has 0 saturated heterocycles. The van der Waals surface area contributed by atoms with Gasteiger partial charge in [-0.15, -0.1) is 0 Å². The highest BCUT2D eigenvalue weighted by atomic mass is 16.5. The maximum Gasteiger partial charge on any atom is 0.234 e. The van der Waals surface area contributed by atoms with Crippen LogP contribution >= 0.6 is 0 Å². The molecule has 112 valence electrons. The van der Waals surface area contributed by atoms with Crippen LogP contribution in [0.25, 0.3) is 5.76 Å². The van der Waals surface area contributed by atoms with Crippen molar-refractivity contribution in [2.24, 2.45) is 5.92 Å². The van der Waals surface area contributed by atoms with Crippen molar-refractivity contribution in [3.8, 4) is 5.75 Å². The minimum atomic E-state index is -0.640. The van der Waals surface area contributed by atoms with Crippen molar-refractivity contribution < 1.29 is 19.4 Å². The molecule has 0 unspecified atom stereocenters. The third-order valence-electron chi connectivity index (χ3n) is 3.85. The number of ketones is 2. The summed E-state index contributed by atoms with van der Waals surface area (Å²) in [6.45, 7) is 5.66. The molecule has 0 fully saturated rings. The Kier molecular flexibility index (Phi) is 4.16. The molecule has 0 radical (unpaired) electrons. The van der Waals surface area contributed by atoms with E-state index in [1.54, 1.807) is 12.1 Å². The number of benzene rings is 1. The van der Waals surface area contributed by atoms with Gasteiger partial charge < -0.3 is 9.84 Å². The smallest absolute Gasteiger partial charge is 0.234 e. The first kappa shape index (κ1) is 15.3. The average molecular weight is 288 g/mol. The topological polar surface area (TPSA) is 63.6 Å². The summed E-state index contributed by atoms with van der Waals surface area (Å²) in [5.74, 6) is -0.256. The van der Waals surface area contributed by atoms with Crippen LogP contribution in [-0.4, -0.2) is 23.8 Å². The summed E-state index contributed by atoms with van der Waals surface area (Å²) >= 11 is 0. The fourth-order valence-electron chi connectivity index (χ4n) is 2.55. The van der Waals surface area contributed by atoms with Crippen LogP contribution in [0, 0.1) is 5.92 Å². The van der Waals surface area contributed by atoms with E-state index in [4.69, 9.17) is 4.74 Å². The summed E-state index contributed by atoms with van der Waals surface area (Å²) < 4.78 is 5.33. The summed E-state index contributed by atoms with van der Waals surface area (Å²) in [6.07, 6.45) is 1.51. The van der Waals surface area contributed by atoms with E-state index in [9.17, 15) is 14.7 Å². The molecule has 0 amide bonds. The van der Waals surface area contributed by atoms with Gasteiger partial charge in [0.05, 0.1) is 7.11 Å². The molecular weight excluding hydrogens is 268 g/mol. The summed E-state index contributed by atoms with van der Waals surface area (Å²) in [7, 11) is 1.54. The monoisotopic (exact) mass is 288 g/mol. The Morgan fingerprint density at radius 1 is 1.19 bits per heavy atom. The molecule has 1 aromatic rings. The van der Waals surface area contributed by atoms with Crippen molar-refractivity contribution in [2.75, 3.05) is 7.11 Å². The number of aliphatic hydroxyl groups is 1. The van der Waals surface area contributed by atoms with E-state index in [1.807, 2.05) is 0 Å². The molecular formula is C17H20O4. The van der Waals surface area contributed by atoms with Gasteiger partial charge in [-0.25, -0.2) is 0 Å². The maximum atomic E-state index is 12.4. The molecule has 1 N–H and O–H groups in total. The quantitative estimate of drug-likeness (QED) is 0.863. The summed E-state index contributed by atoms with van der Waals surface area (Å²) in [4.78, 5) is 24.3. The Bertz CT molecular complexity index is 638. The predicted molar refractivity (Wildman–Crippen MR) is 80.7 cm³/mol. The molecule has 0 spiro atoms. The van der Waals surface area contributed by atoms with Crippen molar-refractivity contribution in [3.05, 3.63) is 34.4 Å². The largest absolute Gasteiger partial charge is 0.507 e. The molecule has 0 saturated carbocycles. The third-order valence-corrected chi connectivity index (χ3v) is 3.85. The first-order valence-electron chi connectivity index (χ1n) is 7.07. The fraction of sp³-hybridized carbons (Fsp3) is 0.412. The molecule has 0 atom stereocenters. The normalized spacial score (nSPS) is 14.7. The lowest BCUT2D eigenvalue weighted by Gasteiger charge is -2.21. The Morgan fingerprint density at radius 3 is 2.43 bits per heavy atom. The lowest BCUT2D eigenvalue weighted by molar-refractivity contribution is -0.111. The number of fused-ring (bicyclic) bond motifs is 1. The number of carbonyl (C=O) groups is 2. The van der Waals surface area contributed by atoms with Gasteiger partial charge in [0.1, 0.15) is 11.5 Å². The first-order chi connectivity index (χ1) is 9.88. The number of rotatable bonds is 4. The van der Waals surface area contributed by atoms with Gasteiger partial charge in [0, 0.05) is 22.3 Å². The predicted octanol–water partition coefficient (Wildman–Crippen LogP) is 3.34. The van der Waals surface area contributed by atoms with Crippen LogP contribution in [0.2, 0.25) is 0 Å². The lowest BCUT2D eigenvalue weighted by atomic mass is 9.84. The van der Waals surface area contributed by atoms with Crippen molar-refractivity contribution in [1.29, 1.82) is 0 Å². The summed E-state index contributed by atoms with van der Waals surface area (Å²) in [5.41, 5.74) is 1.54. The number of methoxy groups -OCH3 is 1. The number of Topliss-reactive ketones (excluding diaryl/α,β-unsaturated/α-hetero) is 2. The fourth-order valence-corrected chi connectivity index (χ4v) is 2.55. The van der Waals surface area contributed by atoms with Crippen molar-refractivity contribution in [1.82, 2.24) is 0 Å². The van der Waals surface area contributed by atoms with Crippen LogP contribution in [0.5, 0.6) is 5.75 Å². The molecule has 0 aromatic heterocycles. The highest BCUT2D eigenvalue weighted by Gasteiger charge is 2.33. The second-order valence-corrected chi connectivity index (χ2v) is 5.73. The van der Waals surface area contributed by atoms with Crippen LogP contribution in [0.15, 0.2) is 17.7 Å². The second kappa shape index (κ2) is 5.72. The van der Waals surface area contributed by atoms with Crippen molar-refractivity contribution in [2.45, 2.75) is 33.6 Å². The lowest BCUT2D eigenvalue weighted by Crippen LogP contribution is -2.25. The number of ether oxygens (including phenoxy) is 1. The number of hydrogen-bond acceptors (Lipinski definition) is 4. The van der Waals surface area contributed by atoms with Gasteiger partial charge in [0.15, 0.2) is 0 Å². The van der Waals surface area contributed by atoms with Crippen LogP contribution in [0.4, 0.5) is 0 Å². The molecule has 0 aliphatic heterocycles. The minimum Gasteiger partial charge on any atom is -0.507 e. The highest BCUT2D eigenvalue weighted by Crippen LogP contribution is 2.35. The van der Waals surface area contributed by atoms with E-state index >= 15 is 0 Å². The van der Waals surface area contributed by atoms with Gasteiger partial charge >= 0.3 is 0 Å².